The van der Waals surface area contributed by atoms with Crippen LogP contribution < -0.4 is 11.5 Å². The van der Waals surface area contributed by atoms with Gasteiger partial charge in [0.1, 0.15) is 11.9 Å². The first-order valence-corrected chi connectivity index (χ1v) is 9.07. The normalized spacial score (nSPS) is 11.8. The number of carbonyl (C=O) groups is 5. The average Bonchev–Trinajstić information content (AvgIpc) is 2.62. The molecule has 0 heterocycles. The van der Waals surface area contributed by atoms with Gasteiger partial charge in [0, 0.05) is 26.2 Å². The molecule has 13 heteroatoms. The van der Waals surface area contributed by atoms with Crippen molar-refractivity contribution < 1.29 is 39.3 Å². The van der Waals surface area contributed by atoms with Crippen molar-refractivity contribution in [2.24, 2.45) is 11.5 Å². The molecule has 0 aliphatic carbocycles. The van der Waals surface area contributed by atoms with E-state index in [2.05, 4.69) is 6.92 Å². The molecule has 0 saturated heterocycles. The van der Waals surface area contributed by atoms with Crippen LogP contribution in [0.25, 0.3) is 0 Å². The lowest BCUT2D eigenvalue weighted by atomic mass is 10.0. The molecule has 13 nitrogen and oxygen atoms in total. The fourth-order valence-corrected chi connectivity index (χ4v) is 2.45. The van der Waals surface area contributed by atoms with Gasteiger partial charge in [0.15, 0.2) is 5.78 Å². The van der Waals surface area contributed by atoms with Gasteiger partial charge in [-0.15, -0.1) is 0 Å². The Hall–Kier alpha value is -2.45. The zero-order chi connectivity index (χ0) is 23.3. The zero-order valence-electron chi connectivity index (χ0n) is 16.7. The van der Waals surface area contributed by atoms with Gasteiger partial charge in [-0.05, 0) is 13.3 Å². The number of rotatable bonds is 18. The number of ketones is 1. The summed E-state index contributed by atoms with van der Waals surface area (Å²) in [5, 5.41) is 27.0. The first-order valence-electron chi connectivity index (χ1n) is 9.07. The van der Waals surface area contributed by atoms with Crippen molar-refractivity contribution in [3.63, 3.8) is 0 Å². The summed E-state index contributed by atoms with van der Waals surface area (Å²) < 4.78 is 0. The lowest BCUT2D eigenvalue weighted by Gasteiger charge is -2.29. The Balaban J connectivity index is 5.05. The van der Waals surface area contributed by atoms with Crippen LogP contribution in [0.4, 0.5) is 0 Å². The first-order chi connectivity index (χ1) is 13.9. The predicted molar refractivity (Wildman–Crippen MR) is 104 cm³/mol. The number of aldehydes is 1. The number of Topliss-reactive ketones (excluding diaryl/α,β-unsaturated/α-hetero) is 1. The smallest absolute Gasteiger partial charge is 0.317 e. The van der Waals surface area contributed by atoms with E-state index < -0.39 is 42.4 Å². The maximum absolute atomic E-state index is 12.2. The first kappa shape index (κ1) is 27.5. The monoisotopic (exact) mass is 432 g/mol. The van der Waals surface area contributed by atoms with E-state index in [1.54, 1.807) is 0 Å². The quantitative estimate of drug-likeness (QED) is 0.107. The molecule has 171 valence electrons. The summed E-state index contributed by atoms with van der Waals surface area (Å²) >= 11 is 0. The topological polar surface area (TPSA) is 208 Å². The zero-order valence-corrected chi connectivity index (χ0v) is 16.7. The lowest BCUT2D eigenvalue weighted by Crippen LogP contribution is -2.59. The Labute approximate surface area is 174 Å². The van der Waals surface area contributed by atoms with E-state index in [1.165, 1.54) is 14.7 Å². The Morgan fingerprint density at radius 3 is 1.60 bits per heavy atom. The molecule has 0 fully saturated rings. The van der Waals surface area contributed by atoms with Crippen molar-refractivity contribution in [1.82, 2.24) is 14.7 Å². The van der Waals surface area contributed by atoms with E-state index in [0.717, 1.165) is 0 Å². The third-order valence-corrected chi connectivity index (χ3v) is 4.17. The molecular weight excluding hydrogens is 402 g/mol. The minimum absolute atomic E-state index is 0.0190. The van der Waals surface area contributed by atoms with Crippen LogP contribution in [0.15, 0.2) is 0 Å². The molecule has 0 spiro atoms. The van der Waals surface area contributed by atoms with Crippen LogP contribution in [0.3, 0.4) is 0 Å². The molecule has 7 N–H and O–H groups in total. The SMILES string of the molecule is [CH2]CC(N)(N)C(=O)CN(CCN(CCN(CC=O)CC(=O)O)CC(=O)O)CC(=O)O. The molecule has 0 amide bonds. The van der Waals surface area contributed by atoms with E-state index in [4.69, 9.17) is 26.8 Å². The highest BCUT2D eigenvalue weighted by Gasteiger charge is 2.29. The standard InChI is InChI=1S/C17H30N5O8/c1-2-17(18,19)13(24)9-22(12-16(29)30)6-5-20(10-14(25)26)3-4-21(7-8-23)11-15(27)28/h8H,1-7,9-12,18-19H2,(H,25,26)(H,27,28)(H,29,30). The lowest BCUT2D eigenvalue weighted by molar-refractivity contribution is -0.141. The maximum atomic E-state index is 12.2. The van der Waals surface area contributed by atoms with Gasteiger partial charge in [-0.25, -0.2) is 0 Å². The van der Waals surface area contributed by atoms with E-state index in [-0.39, 0.29) is 52.2 Å². The average molecular weight is 432 g/mol. The van der Waals surface area contributed by atoms with Crippen molar-refractivity contribution in [1.29, 1.82) is 0 Å². The fourth-order valence-electron chi connectivity index (χ4n) is 2.45. The summed E-state index contributed by atoms with van der Waals surface area (Å²) in [6.07, 6.45) is 0.452. The molecule has 0 aromatic carbocycles. The molecule has 1 radical (unpaired) electrons. The summed E-state index contributed by atoms with van der Waals surface area (Å²) in [5.74, 6) is -4.08. The van der Waals surface area contributed by atoms with Crippen LogP contribution in [0.5, 0.6) is 0 Å². The van der Waals surface area contributed by atoms with Gasteiger partial charge in [-0.2, -0.15) is 0 Å². The van der Waals surface area contributed by atoms with Crippen LogP contribution in [0, 0.1) is 6.92 Å². The van der Waals surface area contributed by atoms with Crippen LogP contribution >= 0.6 is 0 Å². The third kappa shape index (κ3) is 12.2. The number of nitrogens with two attached hydrogens (primary N) is 2. The van der Waals surface area contributed by atoms with Crippen LogP contribution in [0.1, 0.15) is 6.42 Å². The van der Waals surface area contributed by atoms with Crippen molar-refractivity contribution >= 4 is 30.0 Å². The minimum atomic E-state index is -1.70. The Morgan fingerprint density at radius 2 is 1.17 bits per heavy atom. The minimum Gasteiger partial charge on any atom is -0.480 e. The highest BCUT2D eigenvalue weighted by molar-refractivity contribution is 5.89. The van der Waals surface area contributed by atoms with Gasteiger partial charge < -0.3 is 31.6 Å². The molecule has 0 aliphatic heterocycles. The summed E-state index contributed by atoms with van der Waals surface area (Å²) in [6.45, 7) is 2.02. The number of nitrogens with zero attached hydrogens (tertiary/aromatic N) is 3. The molecule has 0 bridgehead atoms. The number of carbonyl (C=O) groups excluding carboxylic acids is 2. The molecule has 30 heavy (non-hydrogen) atoms. The molecule has 0 aliphatic rings. The summed E-state index contributed by atoms with van der Waals surface area (Å²) in [7, 11) is 0. The van der Waals surface area contributed by atoms with Gasteiger partial charge >= 0.3 is 17.9 Å². The highest BCUT2D eigenvalue weighted by atomic mass is 16.4. The van der Waals surface area contributed by atoms with Gasteiger partial charge in [-0.1, -0.05) is 0 Å². The summed E-state index contributed by atoms with van der Waals surface area (Å²) in [4.78, 5) is 60.0. The van der Waals surface area contributed by atoms with E-state index >= 15 is 0 Å². The van der Waals surface area contributed by atoms with Crippen LogP contribution in [0.2, 0.25) is 0 Å². The van der Waals surface area contributed by atoms with Crippen molar-refractivity contribution in [3.05, 3.63) is 6.92 Å². The molecule has 0 unspecified atom stereocenters. The second kappa shape index (κ2) is 13.7. The van der Waals surface area contributed by atoms with E-state index in [1.807, 2.05) is 0 Å². The summed E-state index contributed by atoms with van der Waals surface area (Å²) in [6, 6.07) is 0. The Morgan fingerprint density at radius 1 is 0.767 bits per heavy atom. The molecule has 0 saturated carbocycles. The number of carboxylic acids is 3. The van der Waals surface area contributed by atoms with Gasteiger partial charge in [0.05, 0.1) is 32.7 Å². The maximum Gasteiger partial charge on any atom is 0.317 e. The van der Waals surface area contributed by atoms with E-state index in [0.29, 0.717) is 6.29 Å². The third-order valence-electron chi connectivity index (χ3n) is 4.17. The number of carboxylic acid groups (broad SMARTS) is 3. The summed E-state index contributed by atoms with van der Waals surface area (Å²) in [5.41, 5.74) is 9.56. The van der Waals surface area contributed by atoms with Gasteiger partial charge in [0.25, 0.3) is 0 Å². The van der Waals surface area contributed by atoms with Crippen molar-refractivity contribution in [3.8, 4) is 0 Å². The predicted octanol–water partition coefficient (Wildman–Crippen LogP) is -3.25. The number of hydrogen-bond donors (Lipinski definition) is 5. The molecule has 0 aromatic rings. The number of hydrogen-bond acceptors (Lipinski definition) is 10. The Bertz CT molecular complexity index is 613. The van der Waals surface area contributed by atoms with E-state index in [9.17, 15) is 24.0 Å². The highest BCUT2D eigenvalue weighted by Crippen LogP contribution is 2.03. The largest absolute Gasteiger partial charge is 0.480 e. The second-order valence-corrected chi connectivity index (χ2v) is 6.78. The van der Waals surface area contributed by atoms with Crippen molar-refractivity contribution in [2.75, 3.05) is 58.9 Å². The molecule has 0 atom stereocenters. The Kier molecular flexibility index (Phi) is 12.6. The van der Waals surface area contributed by atoms with Gasteiger partial charge in [-0.3, -0.25) is 33.9 Å². The van der Waals surface area contributed by atoms with Gasteiger partial charge in [0.2, 0.25) is 0 Å². The number of aliphatic carboxylic acids is 3. The molecule has 0 rings (SSSR count). The van der Waals surface area contributed by atoms with Crippen molar-refractivity contribution in [2.45, 2.75) is 12.1 Å². The second-order valence-electron chi connectivity index (χ2n) is 6.78. The molecule has 0 aromatic heterocycles. The van der Waals surface area contributed by atoms with Crippen LogP contribution in [-0.2, 0) is 24.0 Å². The fraction of sp³-hybridized carbons (Fsp3) is 0.647. The van der Waals surface area contributed by atoms with Crippen LogP contribution in [-0.4, -0.2) is 125 Å². The molecular formula is C17H30N5O8.